The zero-order valence-electron chi connectivity index (χ0n) is 10.00. The normalized spacial score (nSPS) is 9.50. The fourth-order valence-electron chi connectivity index (χ4n) is 1.26. The van der Waals surface area contributed by atoms with Crippen LogP contribution < -0.4 is 5.32 Å². The smallest absolute Gasteiger partial charge is 0.234 e. The van der Waals surface area contributed by atoms with Gasteiger partial charge in [-0.05, 0) is 24.5 Å². The van der Waals surface area contributed by atoms with Crippen LogP contribution in [0.4, 0.5) is 10.1 Å². The molecule has 0 aliphatic heterocycles. The predicted octanol–water partition coefficient (Wildman–Crippen LogP) is 1.86. The molecular weight excluding hydrogens is 253 g/mol. The van der Waals surface area contributed by atoms with Crippen LogP contribution in [-0.4, -0.2) is 29.6 Å². The molecule has 0 aliphatic rings. The molecule has 5 heteroatoms. The van der Waals surface area contributed by atoms with E-state index in [9.17, 15) is 9.18 Å². The molecule has 18 heavy (non-hydrogen) atoms. The Morgan fingerprint density at radius 3 is 3.00 bits per heavy atom. The van der Waals surface area contributed by atoms with Crippen molar-refractivity contribution in [2.24, 2.45) is 0 Å². The first-order valence-corrected chi connectivity index (χ1v) is 6.75. The molecule has 0 aromatic heterocycles. The third kappa shape index (κ3) is 4.78. The summed E-state index contributed by atoms with van der Waals surface area (Å²) in [6.07, 6.45) is 2.14. The summed E-state index contributed by atoms with van der Waals surface area (Å²) in [6, 6.07) is 4.02. The molecule has 0 heterocycles. The molecule has 0 aliphatic carbocycles. The van der Waals surface area contributed by atoms with Crippen molar-refractivity contribution in [3.8, 4) is 11.8 Å². The highest BCUT2D eigenvalue weighted by Gasteiger charge is 2.06. The summed E-state index contributed by atoms with van der Waals surface area (Å²) in [5, 5.41) is 11.3. The zero-order valence-corrected chi connectivity index (χ0v) is 10.8. The van der Waals surface area contributed by atoms with Gasteiger partial charge in [-0.1, -0.05) is 11.8 Å². The Morgan fingerprint density at radius 2 is 2.33 bits per heavy atom. The maximum absolute atomic E-state index is 13.1. The minimum Gasteiger partial charge on any atom is -0.395 e. The van der Waals surface area contributed by atoms with E-state index in [-0.39, 0.29) is 12.5 Å². The highest BCUT2D eigenvalue weighted by molar-refractivity contribution is 7.99. The number of anilines is 1. The van der Waals surface area contributed by atoms with Gasteiger partial charge in [-0.3, -0.25) is 4.79 Å². The predicted molar refractivity (Wildman–Crippen MR) is 72.0 cm³/mol. The molecule has 96 valence electrons. The number of halogens is 1. The summed E-state index contributed by atoms with van der Waals surface area (Å²) in [7, 11) is 0. The van der Waals surface area contributed by atoms with Gasteiger partial charge in [-0.2, -0.15) is 11.8 Å². The van der Waals surface area contributed by atoms with Crippen molar-refractivity contribution in [1.82, 2.24) is 0 Å². The van der Waals surface area contributed by atoms with Gasteiger partial charge < -0.3 is 10.4 Å². The van der Waals surface area contributed by atoms with E-state index in [1.165, 1.54) is 30.0 Å². The van der Waals surface area contributed by atoms with Gasteiger partial charge in [0.25, 0.3) is 0 Å². The van der Waals surface area contributed by atoms with Gasteiger partial charge >= 0.3 is 0 Å². The fraction of sp³-hybridized carbons (Fsp3) is 0.308. The molecular formula is C13H14FNO2S. The average Bonchev–Trinajstić information content (AvgIpc) is 2.33. The van der Waals surface area contributed by atoms with E-state index >= 15 is 0 Å². The minimum atomic E-state index is -0.411. The number of carbonyl (C=O) groups excluding carboxylic acids is 1. The Labute approximate surface area is 110 Å². The molecule has 0 spiro atoms. The van der Waals surface area contributed by atoms with Crippen molar-refractivity contribution in [3.63, 3.8) is 0 Å². The minimum absolute atomic E-state index is 0.0452. The molecule has 0 radical (unpaired) electrons. The summed E-state index contributed by atoms with van der Waals surface area (Å²) in [4.78, 5) is 11.5. The van der Waals surface area contributed by atoms with E-state index in [0.29, 0.717) is 23.4 Å². The molecule has 1 amide bonds. The molecule has 1 aromatic rings. The number of hydrogen-bond acceptors (Lipinski definition) is 3. The van der Waals surface area contributed by atoms with Crippen molar-refractivity contribution in [2.45, 2.75) is 6.42 Å². The number of aliphatic hydroxyl groups excluding tert-OH is 1. The summed E-state index contributed by atoms with van der Waals surface area (Å²) < 4.78 is 13.1. The number of benzene rings is 1. The Hall–Kier alpha value is -1.51. The Balaban J connectivity index is 2.90. The fourth-order valence-corrected chi connectivity index (χ4v) is 1.59. The second-order valence-electron chi connectivity index (χ2n) is 3.45. The number of thioether (sulfide) groups is 1. The van der Waals surface area contributed by atoms with E-state index in [1.54, 1.807) is 0 Å². The molecule has 3 nitrogen and oxygen atoms in total. The van der Waals surface area contributed by atoms with Gasteiger partial charge in [-0.25, -0.2) is 4.39 Å². The molecule has 2 N–H and O–H groups in total. The van der Waals surface area contributed by atoms with E-state index in [0.717, 1.165) is 0 Å². The van der Waals surface area contributed by atoms with Crippen molar-refractivity contribution in [3.05, 3.63) is 29.6 Å². The highest BCUT2D eigenvalue weighted by Crippen LogP contribution is 2.16. The number of aliphatic hydroxyl groups is 1. The Kier molecular flexibility index (Phi) is 6.26. The number of carbonyl (C=O) groups is 1. The number of nitrogens with one attached hydrogen (secondary N) is 1. The molecule has 1 rings (SSSR count). The van der Waals surface area contributed by atoms with Crippen molar-refractivity contribution < 1.29 is 14.3 Å². The third-order valence-corrected chi connectivity index (χ3v) is 2.54. The van der Waals surface area contributed by atoms with Gasteiger partial charge in [0.1, 0.15) is 5.82 Å². The number of amides is 1. The molecule has 0 bridgehead atoms. The first kappa shape index (κ1) is 14.6. The lowest BCUT2D eigenvalue weighted by atomic mass is 10.1. The van der Waals surface area contributed by atoms with Crippen molar-refractivity contribution >= 4 is 23.4 Å². The van der Waals surface area contributed by atoms with Gasteiger partial charge in [0.2, 0.25) is 5.91 Å². The standard InChI is InChI=1S/C13H14FNO2S/c1-18-9-13(17)15-12-6-5-11(14)8-10(12)4-2-3-7-16/h5-6,8,16H,3,7,9H2,1H3,(H,15,17). The van der Waals surface area contributed by atoms with Crippen LogP contribution in [0.1, 0.15) is 12.0 Å². The lowest BCUT2D eigenvalue weighted by Gasteiger charge is -2.06. The van der Waals surface area contributed by atoms with Crippen LogP contribution in [-0.2, 0) is 4.79 Å². The van der Waals surface area contributed by atoms with Crippen molar-refractivity contribution in [1.29, 1.82) is 0 Å². The lowest BCUT2D eigenvalue weighted by molar-refractivity contribution is -0.113. The van der Waals surface area contributed by atoms with Gasteiger partial charge in [0.15, 0.2) is 0 Å². The quantitative estimate of drug-likeness (QED) is 0.819. The second kappa shape index (κ2) is 7.75. The lowest BCUT2D eigenvalue weighted by Crippen LogP contribution is -2.14. The monoisotopic (exact) mass is 267 g/mol. The summed E-state index contributed by atoms with van der Waals surface area (Å²) in [5.74, 6) is 5.20. The van der Waals surface area contributed by atoms with Crippen LogP contribution in [0, 0.1) is 17.7 Å². The first-order valence-electron chi connectivity index (χ1n) is 5.35. The van der Waals surface area contributed by atoms with Crippen LogP contribution in [0.5, 0.6) is 0 Å². The average molecular weight is 267 g/mol. The zero-order chi connectivity index (χ0) is 13.4. The highest BCUT2D eigenvalue weighted by atomic mass is 32.2. The number of rotatable bonds is 4. The molecule has 0 fully saturated rings. The summed E-state index contributed by atoms with van der Waals surface area (Å²) in [6.45, 7) is -0.0452. The molecule has 0 saturated carbocycles. The summed E-state index contributed by atoms with van der Waals surface area (Å²) >= 11 is 1.40. The van der Waals surface area contributed by atoms with Crippen LogP contribution in [0.25, 0.3) is 0 Å². The van der Waals surface area contributed by atoms with Crippen molar-refractivity contribution in [2.75, 3.05) is 23.9 Å². The van der Waals surface area contributed by atoms with E-state index in [2.05, 4.69) is 17.2 Å². The maximum atomic E-state index is 13.1. The van der Waals surface area contributed by atoms with Gasteiger partial charge in [0, 0.05) is 6.42 Å². The molecule has 0 atom stereocenters. The van der Waals surface area contributed by atoms with Crippen LogP contribution >= 0.6 is 11.8 Å². The molecule has 1 aromatic carbocycles. The molecule has 0 unspecified atom stereocenters. The van der Waals surface area contributed by atoms with Crippen LogP contribution in [0.3, 0.4) is 0 Å². The van der Waals surface area contributed by atoms with E-state index < -0.39 is 5.82 Å². The van der Waals surface area contributed by atoms with Gasteiger partial charge in [-0.15, -0.1) is 0 Å². The first-order chi connectivity index (χ1) is 8.67. The SMILES string of the molecule is CSCC(=O)Nc1ccc(F)cc1C#CCCO. The van der Waals surface area contributed by atoms with Gasteiger partial charge in [0.05, 0.1) is 23.6 Å². The number of hydrogen-bond donors (Lipinski definition) is 2. The second-order valence-corrected chi connectivity index (χ2v) is 4.31. The topological polar surface area (TPSA) is 49.3 Å². The Morgan fingerprint density at radius 1 is 1.56 bits per heavy atom. The van der Waals surface area contributed by atoms with Crippen LogP contribution in [0.15, 0.2) is 18.2 Å². The Bertz CT molecular complexity index is 480. The maximum Gasteiger partial charge on any atom is 0.234 e. The molecule has 0 saturated heterocycles. The third-order valence-electron chi connectivity index (χ3n) is 1.99. The largest absolute Gasteiger partial charge is 0.395 e. The van der Waals surface area contributed by atoms with E-state index in [1.807, 2.05) is 6.26 Å². The summed E-state index contributed by atoms with van der Waals surface area (Å²) in [5.41, 5.74) is 0.902. The van der Waals surface area contributed by atoms with Crippen LogP contribution in [0.2, 0.25) is 0 Å². The van der Waals surface area contributed by atoms with E-state index in [4.69, 9.17) is 5.11 Å².